The van der Waals surface area contributed by atoms with Gasteiger partial charge in [0.15, 0.2) is 0 Å². The van der Waals surface area contributed by atoms with Gasteiger partial charge in [-0.05, 0) is 24.1 Å². The summed E-state index contributed by atoms with van der Waals surface area (Å²) < 4.78 is 32.7. The highest BCUT2D eigenvalue weighted by molar-refractivity contribution is 7.85. The minimum Gasteiger partial charge on any atom is -0.493 e. The van der Waals surface area contributed by atoms with Crippen molar-refractivity contribution in [3.63, 3.8) is 0 Å². The number of aromatic nitrogens is 2. The highest BCUT2D eigenvalue weighted by Gasteiger charge is 2.25. The number of piperazine rings is 1. The number of hydrogen-bond acceptors (Lipinski definition) is 9. The van der Waals surface area contributed by atoms with E-state index in [-0.39, 0.29) is 6.61 Å². The molecule has 28 heavy (non-hydrogen) atoms. The third kappa shape index (κ3) is 4.45. The van der Waals surface area contributed by atoms with Gasteiger partial charge in [-0.25, -0.2) is 0 Å². The summed E-state index contributed by atoms with van der Waals surface area (Å²) in [6.07, 6.45) is 2.03. The summed E-state index contributed by atoms with van der Waals surface area (Å²) in [6, 6.07) is 6.90. The molecule has 1 saturated heterocycles. The number of anilines is 1. The Bertz CT molecular complexity index is 939. The van der Waals surface area contributed by atoms with Crippen LogP contribution in [-0.2, 0) is 27.3 Å². The van der Waals surface area contributed by atoms with Crippen LogP contribution < -0.4 is 9.64 Å². The molecular weight excluding hydrogens is 400 g/mol. The number of benzene rings is 1. The second-order valence-corrected chi connectivity index (χ2v) is 9.79. The maximum absolute atomic E-state index is 11.1. The van der Waals surface area contributed by atoms with Crippen molar-refractivity contribution in [3.05, 3.63) is 34.3 Å². The van der Waals surface area contributed by atoms with Crippen molar-refractivity contribution in [1.82, 2.24) is 15.1 Å². The molecular formula is C18H24N4O4S2. The average Bonchev–Trinajstić information content (AvgIpc) is 3.34. The standard InChI is InChI=1S/C18H24N4O4S2/c1-13(15-4-3-14-5-10-25-16(14)11-15)21-6-8-22(9-7-21)18-20-19-17(27-18)12-26-28(2,23)24/h3-4,11,13H,5-10,12H2,1-2H3. The summed E-state index contributed by atoms with van der Waals surface area (Å²) in [4.78, 5) is 4.65. The maximum Gasteiger partial charge on any atom is 0.264 e. The molecule has 1 atom stereocenters. The van der Waals surface area contributed by atoms with Crippen LogP contribution in [-0.4, -0.2) is 62.6 Å². The first-order valence-electron chi connectivity index (χ1n) is 9.30. The zero-order valence-corrected chi connectivity index (χ0v) is 17.6. The van der Waals surface area contributed by atoms with Crippen LogP contribution in [0.3, 0.4) is 0 Å². The Morgan fingerprint density at radius 2 is 2.04 bits per heavy atom. The van der Waals surface area contributed by atoms with Crippen molar-refractivity contribution in [2.24, 2.45) is 0 Å². The van der Waals surface area contributed by atoms with Gasteiger partial charge in [-0.3, -0.25) is 9.08 Å². The molecule has 1 unspecified atom stereocenters. The summed E-state index contributed by atoms with van der Waals surface area (Å²) in [7, 11) is -3.48. The maximum atomic E-state index is 11.1. The molecule has 0 bridgehead atoms. The summed E-state index contributed by atoms with van der Waals surface area (Å²) >= 11 is 1.38. The van der Waals surface area contributed by atoms with Gasteiger partial charge in [0.05, 0.1) is 12.9 Å². The van der Waals surface area contributed by atoms with Crippen LogP contribution in [0, 0.1) is 0 Å². The van der Waals surface area contributed by atoms with E-state index in [0.29, 0.717) is 11.0 Å². The van der Waals surface area contributed by atoms with Gasteiger partial charge in [-0.1, -0.05) is 23.5 Å². The fourth-order valence-electron chi connectivity index (χ4n) is 3.54. The van der Waals surface area contributed by atoms with Crippen LogP contribution in [0.1, 0.15) is 29.1 Å². The van der Waals surface area contributed by atoms with E-state index in [2.05, 4.69) is 45.1 Å². The molecule has 0 amide bonds. The van der Waals surface area contributed by atoms with Crippen molar-refractivity contribution >= 4 is 26.6 Å². The normalized spacial score (nSPS) is 18.7. The molecule has 0 spiro atoms. The molecule has 2 aliphatic rings. The molecule has 152 valence electrons. The summed E-state index contributed by atoms with van der Waals surface area (Å²) in [5.74, 6) is 1.03. The SMILES string of the molecule is CC(c1ccc2c(c1)OCC2)N1CCN(c2nnc(COS(C)(=O)=O)s2)CC1. The van der Waals surface area contributed by atoms with Crippen LogP contribution >= 0.6 is 11.3 Å². The molecule has 3 heterocycles. The van der Waals surface area contributed by atoms with Gasteiger partial charge in [0.2, 0.25) is 5.13 Å². The van der Waals surface area contributed by atoms with Gasteiger partial charge in [0.25, 0.3) is 10.1 Å². The van der Waals surface area contributed by atoms with E-state index in [1.54, 1.807) is 0 Å². The Labute approximate surface area is 169 Å². The fourth-order valence-corrected chi connectivity index (χ4v) is 4.75. The van der Waals surface area contributed by atoms with Crippen molar-refractivity contribution in [3.8, 4) is 5.75 Å². The second kappa shape index (κ2) is 7.94. The molecule has 1 aromatic heterocycles. The van der Waals surface area contributed by atoms with E-state index in [4.69, 9.17) is 8.92 Å². The zero-order chi connectivity index (χ0) is 19.7. The lowest BCUT2D eigenvalue weighted by atomic mass is 10.0. The van der Waals surface area contributed by atoms with Crippen LogP contribution in [0.4, 0.5) is 5.13 Å². The van der Waals surface area contributed by atoms with Crippen molar-refractivity contribution in [2.75, 3.05) is 43.9 Å². The van der Waals surface area contributed by atoms with E-state index in [1.807, 2.05) is 0 Å². The van der Waals surface area contributed by atoms with Gasteiger partial charge in [-0.2, -0.15) is 8.42 Å². The largest absolute Gasteiger partial charge is 0.493 e. The van der Waals surface area contributed by atoms with E-state index < -0.39 is 10.1 Å². The Morgan fingerprint density at radius 1 is 1.25 bits per heavy atom. The van der Waals surface area contributed by atoms with Gasteiger partial charge >= 0.3 is 0 Å². The first kappa shape index (κ1) is 19.6. The molecule has 8 nitrogen and oxygen atoms in total. The summed E-state index contributed by atoms with van der Waals surface area (Å²) in [5, 5.41) is 9.61. The first-order valence-corrected chi connectivity index (χ1v) is 11.9. The van der Waals surface area contributed by atoms with Crippen LogP contribution in [0.25, 0.3) is 0 Å². The van der Waals surface area contributed by atoms with E-state index >= 15 is 0 Å². The average molecular weight is 425 g/mol. The Hall–Kier alpha value is -1.75. The molecule has 2 aliphatic heterocycles. The molecule has 0 radical (unpaired) electrons. The third-order valence-electron chi connectivity index (χ3n) is 5.19. The van der Waals surface area contributed by atoms with Gasteiger partial charge < -0.3 is 9.64 Å². The first-order chi connectivity index (χ1) is 13.4. The monoisotopic (exact) mass is 424 g/mol. The van der Waals surface area contributed by atoms with Gasteiger partial charge in [0, 0.05) is 38.6 Å². The molecule has 2 aromatic rings. The number of rotatable bonds is 6. The molecule has 4 rings (SSSR count). The number of fused-ring (bicyclic) bond motifs is 1. The fraction of sp³-hybridized carbons (Fsp3) is 0.556. The molecule has 0 saturated carbocycles. The minimum atomic E-state index is -3.48. The lowest BCUT2D eigenvalue weighted by Crippen LogP contribution is -2.47. The van der Waals surface area contributed by atoms with Crippen molar-refractivity contribution < 1.29 is 17.3 Å². The molecule has 1 aromatic carbocycles. The molecule has 0 aliphatic carbocycles. The summed E-state index contributed by atoms with van der Waals surface area (Å²) in [5.41, 5.74) is 2.58. The Morgan fingerprint density at radius 3 is 2.79 bits per heavy atom. The second-order valence-electron chi connectivity index (χ2n) is 7.11. The minimum absolute atomic E-state index is 0.0616. The smallest absolute Gasteiger partial charge is 0.264 e. The molecule has 10 heteroatoms. The van der Waals surface area contributed by atoms with Crippen LogP contribution in [0.5, 0.6) is 5.75 Å². The molecule has 1 fully saturated rings. The van der Waals surface area contributed by atoms with Crippen LogP contribution in [0.2, 0.25) is 0 Å². The third-order valence-corrected chi connectivity index (χ3v) is 6.69. The van der Waals surface area contributed by atoms with Crippen molar-refractivity contribution in [1.29, 1.82) is 0 Å². The topological polar surface area (TPSA) is 84.9 Å². The lowest BCUT2D eigenvalue weighted by Gasteiger charge is -2.38. The zero-order valence-electron chi connectivity index (χ0n) is 16.0. The van der Waals surface area contributed by atoms with E-state index in [1.165, 1.54) is 22.5 Å². The Balaban J connectivity index is 1.34. The van der Waals surface area contributed by atoms with E-state index in [0.717, 1.165) is 56.3 Å². The number of hydrogen-bond donors (Lipinski definition) is 0. The predicted octanol–water partition coefficient (Wildman–Crippen LogP) is 1.83. The highest BCUT2D eigenvalue weighted by Crippen LogP contribution is 2.31. The Kier molecular flexibility index (Phi) is 5.55. The lowest BCUT2D eigenvalue weighted by molar-refractivity contribution is 0.198. The van der Waals surface area contributed by atoms with Crippen molar-refractivity contribution in [2.45, 2.75) is 26.0 Å². The van der Waals surface area contributed by atoms with E-state index in [9.17, 15) is 8.42 Å². The quantitative estimate of drug-likeness (QED) is 0.650. The number of nitrogens with zero attached hydrogens (tertiary/aromatic N) is 4. The van der Waals surface area contributed by atoms with Gasteiger partial charge in [-0.15, -0.1) is 10.2 Å². The predicted molar refractivity (Wildman–Crippen MR) is 107 cm³/mol. The summed E-state index contributed by atoms with van der Waals surface area (Å²) in [6.45, 7) is 6.51. The van der Waals surface area contributed by atoms with Gasteiger partial charge in [0.1, 0.15) is 17.4 Å². The number of ether oxygens (including phenoxy) is 1. The van der Waals surface area contributed by atoms with Crippen LogP contribution in [0.15, 0.2) is 18.2 Å². The highest BCUT2D eigenvalue weighted by atomic mass is 32.2. The molecule has 0 N–H and O–H groups in total.